The van der Waals surface area contributed by atoms with E-state index in [0.717, 1.165) is 27.5 Å². The molecule has 4 rings (SSSR count). The molecule has 3 aliphatic rings. The fourth-order valence-corrected chi connectivity index (χ4v) is 8.31. The van der Waals surface area contributed by atoms with E-state index in [-0.39, 0.29) is 11.9 Å². The first-order chi connectivity index (χ1) is 15.7. The highest BCUT2D eigenvalue weighted by Crippen LogP contribution is 2.65. The number of ether oxygens (including phenoxy) is 3. The van der Waals surface area contributed by atoms with E-state index >= 15 is 0 Å². The van der Waals surface area contributed by atoms with Crippen LogP contribution in [-0.2, 0) is 19.1 Å². The maximum absolute atomic E-state index is 12.8. The fraction of sp³-hybridized carbons (Fsp3) is 0.417. The Kier molecular flexibility index (Phi) is 6.85. The molecular formula is C24H27NO5S3. The van der Waals surface area contributed by atoms with Crippen LogP contribution in [0.3, 0.4) is 0 Å². The van der Waals surface area contributed by atoms with Crippen molar-refractivity contribution in [3.05, 3.63) is 50.0 Å². The Bertz CT molecular complexity index is 1090. The molecule has 9 heteroatoms. The normalized spacial score (nSPS) is 22.6. The number of rotatable bonds is 6. The molecule has 0 aliphatic carbocycles. The maximum Gasteiger partial charge on any atom is 0.345 e. The molecule has 0 unspecified atom stereocenters. The lowest BCUT2D eigenvalue weighted by Gasteiger charge is -2.44. The van der Waals surface area contributed by atoms with Crippen LogP contribution in [-0.4, -0.2) is 41.4 Å². The van der Waals surface area contributed by atoms with Crippen molar-refractivity contribution >= 4 is 58.5 Å². The molecule has 1 aromatic rings. The molecular weight excluding hydrogens is 478 g/mol. The molecule has 1 N–H and O–H groups in total. The van der Waals surface area contributed by atoms with Crippen molar-refractivity contribution in [3.8, 4) is 5.75 Å². The van der Waals surface area contributed by atoms with Gasteiger partial charge in [-0.1, -0.05) is 23.5 Å². The zero-order chi connectivity index (χ0) is 23.8. The van der Waals surface area contributed by atoms with E-state index < -0.39 is 9.62 Å². The number of hydrogen-bond acceptors (Lipinski definition) is 9. The lowest BCUT2D eigenvalue weighted by molar-refractivity contribution is -0.138. The average molecular weight is 506 g/mol. The molecule has 0 fully saturated rings. The highest BCUT2D eigenvalue weighted by molar-refractivity contribution is 8.25. The van der Waals surface area contributed by atoms with Gasteiger partial charge in [0.05, 0.1) is 30.3 Å². The van der Waals surface area contributed by atoms with Crippen LogP contribution in [0.15, 0.2) is 44.4 Å². The van der Waals surface area contributed by atoms with Gasteiger partial charge in [0, 0.05) is 27.8 Å². The highest BCUT2D eigenvalue weighted by Gasteiger charge is 2.51. The topological polar surface area (TPSA) is 73.9 Å². The fourth-order valence-electron chi connectivity index (χ4n) is 3.96. The summed E-state index contributed by atoms with van der Waals surface area (Å²) >= 11 is 4.37. The average Bonchev–Trinajstić information content (AvgIpc) is 3.18. The van der Waals surface area contributed by atoms with Crippen molar-refractivity contribution in [1.82, 2.24) is 0 Å². The number of anilines is 1. The molecule has 0 bridgehead atoms. The summed E-state index contributed by atoms with van der Waals surface area (Å²) in [5.41, 5.74) is 2.61. The van der Waals surface area contributed by atoms with E-state index in [9.17, 15) is 9.59 Å². The molecule has 0 saturated carbocycles. The molecule has 0 radical (unpaired) electrons. The van der Waals surface area contributed by atoms with Crippen LogP contribution in [0.25, 0.3) is 5.57 Å². The van der Waals surface area contributed by atoms with Gasteiger partial charge in [0.1, 0.15) is 14.7 Å². The number of fused-ring (bicyclic) bond motifs is 3. The minimum atomic E-state index is -0.688. The summed E-state index contributed by atoms with van der Waals surface area (Å²) in [5.74, 6) is 0.0897. The predicted molar refractivity (Wildman–Crippen MR) is 137 cm³/mol. The summed E-state index contributed by atoms with van der Waals surface area (Å²) in [7, 11) is 0. The van der Waals surface area contributed by atoms with Crippen LogP contribution < -0.4 is 10.1 Å². The lowest BCUT2D eigenvalue weighted by atomic mass is 9.87. The Labute approximate surface area is 206 Å². The first-order valence-corrected chi connectivity index (χ1v) is 13.4. The van der Waals surface area contributed by atoms with Gasteiger partial charge >= 0.3 is 11.9 Å². The summed E-state index contributed by atoms with van der Waals surface area (Å²) in [6, 6.07) is 6.02. The molecule has 1 aromatic carbocycles. The van der Waals surface area contributed by atoms with Crippen LogP contribution >= 0.6 is 35.3 Å². The van der Waals surface area contributed by atoms with Crippen LogP contribution in [0, 0.1) is 0 Å². The third kappa shape index (κ3) is 4.42. The standard InChI is InChI=1S/C24H27NO5S3/c1-6-28-14-9-10-15-16(11-14)25-23(4,5)20-19(15)24(12-17(32-20)21(26)29-7-2)31-13-18(33-24)22(27)30-8-3/h9-13,25H,6-8H2,1-5H3/t24-/m1/s1. The summed E-state index contributed by atoms with van der Waals surface area (Å²) in [6.45, 7) is 10.9. The smallest absolute Gasteiger partial charge is 0.345 e. The second kappa shape index (κ2) is 9.35. The summed E-state index contributed by atoms with van der Waals surface area (Å²) in [4.78, 5) is 27.4. The largest absolute Gasteiger partial charge is 0.494 e. The van der Waals surface area contributed by atoms with E-state index in [0.29, 0.717) is 29.6 Å². The Morgan fingerprint density at radius 1 is 1.00 bits per heavy atom. The zero-order valence-electron chi connectivity index (χ0n) is 19.3. The first-order valence-electron chi connectivity index (χ1n) is 10.9. The van der Waals surface area contributed by atoms with Crippen LogP contribution in [0.1, 0.15) is 40.2 Å². The maximum atomic E-state index is 12.8. The van der Waals surface area contributed by atoms with Gasteiger partial charge in [0.15, 0.2) is 0 Å². The van der Waals surface area contributed by atoms with Gasteiger partial charge in [-0.25, -0.2) is 9.59 Å². The van der Waals surface area contributed by atoms with Crippen molar-refractivity contribution in [2.45, 2.75) is 44.2 Å². The molecule has 0 saturated heterocycles. The highest BCUT2D eigenvalue weighted by atomic mass is 32.2. The quantitative estimate of drug-likeness (QED) is 0.485. The minimum Gasteiger partial charge on any atom is -0.494 e. The Morgan fingerprint density at radius 2 is 1.70 bits per heavy atom. The van der Waals surface area contributed by atoms with E-state index in [1.165, 1.54) is 35.3 Å². The van der Waals surface area contributed by atoms with Crippen molar-refractivity contribution in [2.75, 3.05) is 25.1 Å². The number of esters is 2. The lowest BCUT2D eigenvalue weighted by Crippen LogP contribution is -2.40. The SMILES string of the molecule is CCOC(=O)C1=C[C@]2(SC=C(C(=O)OCC)S2)C2=C(S1)C(C)(C)Nc1cc(OCC)ccc12. The second-order valence-electron chi connectivity index (χ2n) is 8.02. The monoisotopic (exact) mass is 505 g/mol. The Balaban J connectivity index is 1.86. The molecule has 33 heavy (non-hydrogen) atoms. The Hall–Kier alpha value is -1.97. The van der Waals surface area contributed by atoms with Gasteiger partial charge in [-0.05, 0) is 58.2 Å². The van der Waals surface area contributed by atoms with Gasteiger partial charge in [-0.2, -0.15) is 0 Å². The van der Waals surface area contributed by atoms with Crippen molar-refractivity contribution < 1.29 is 23.8 Å². The van der Waals surface area contributed by atoms with Gasteiger partial charge in [0.25, 0.3) is 0 Å². The van der Waals surface area contributed by atoms with Crippen molar-refractivity contribution in [2.24, 2.45) is 0 Å². The van der Waals surface area contributed by atoms with Crippen LogP contribution in [0.4, 0.5) is 5.69 Å². The summed E-state index contributed by atoms with van der Waals surface area (Å²) < 4.78 is 15.6. The Morgan fingerprint density at radius 3 is 2.36 bits per heavy atom. The first kappa shape index (κ1) is 24.2. The third-order valence-electron chi connectivity index (χ3n) is 5.25. The van der Waals surface area contributed by atoms with E-state index in [2.05, 4.69) is 19.2 Å². The summed E-state index contributed by atoms with van der Waals surface area (Å²) in [5, 5.41) is 5.46. The van der Waals surface area contributed by atoms with Crippen molar-refractivity contribution in [1.29, 1.82) is 0 Å². The van der Waals surface area contributed by atoms with Crippen LogP contribution in [0.2, 0.25) is 0 Å². The number of hydrogen-bond donors (Lipinski definition) is 1. The molecule has 3 aliphatic heterocycles. The third-order valence-corrected chi connectivity index (χ3v) is 9.52. The van der Waals surface area contributed by atoms with Gasteiger partial charge in [-0.3, -0.25) is 0 Å². The number of carbonyl (C=O) groups is 2. The minimum absolute atomic E-state index is 0.299. The number of thioether (sulfide) groups is 3. The predicted octanol–water partition coefficient (Wildman–Crippen LogP) is 5.78. The molecule has 3 heterocycles. The van der Waals surface area contributed by atoms with Gasteiger partial charge in [0.2, 0.25) is 0 Å². The summed E-state index contributed by atoms with van der Waals surface area (Å²) in [6.07, 6.45) is 1.94. The zero-order valence-corrected chi connectivity index (χ0v) is 21.7. The molecule has 1 spiro atoms. The van der Waals surface area contributed by atoms with Crippen LogP contribution in [0.5, 0.6) is 5.75 Å². The second-order valence-corrected chi connectivity index (χ2v) is 11.7. The molecule has 0 amide bonds. The number of nitrogens with one attached hydrogen (secondary N) is 1. The van der Waals surface area contributed by atoms with Gasteiger partial charge in [-0.15, -0.1) is 11.8 Å². The van der Waals surface area contributed by atoms with E-state index in [1.807, 2.05) is 36.6 Å². The van der Waals surface area contributed by atoms with Crippen molar-refractivity contribution in [3.63, 3.8) is 0 Å². The van der Waals surface area contributed by atoms with Gasteiger partial charge < -0.3 is 19.5 Å². The molecule has 6 nitrogen and oxygen atoms in total. The number of carbonyl (C=O) groups excluding carboxylic acids is 2. The molecule has 176 valence electrons. The molecule has 0 aromatic heterocycles. The number of benzene rings is 1. The molecule has 1 atom stereocenters. The van der Waals surface area contributed by atoms with E-state index in [1.54, 1.807) is 13.8 Å². The van der Waals surface area contributed by atoms with E-state index in [4.69, 9.17) is 14.2 Å².